The quantitative estimate of drug-likeness (QED) is 0.720. The lowest BCUT2D eigenvalue weighted by Crippen LogP contribution is -2.04. The Bertz CT molecular complexity index is 688. The highest BCUT2D eigenvalue weighted by Crippen LogP contribution is 2.22. The number of hydrogen-bond acceptors (Lipinski definition) is 4. The Labute approximate surface area is 121 Å². The predicted molar refractivity (Wildman–Crippen MR) is 80.9 cm³/mol. The second-order valence-corrected chi connectivity index (χ2v) is 5.76. The minimum Gasteiger partial charge on any atom is -0.299 e. The number of fused-ring (bicyclic) bond motifs is 1. The van der Waals surface area contributed by atoms with Crippen molar-refractivity contribution in [3.8, 4) is 0 Å². The van der Waals surface area contributed by atoms with Gasteiger partial charge in [0.05, 0.1) is 16.6 Å². The minimum atomic E-state index is 0.237. The molecule has 0 saturated heterocycles. The maximum atomic E-state index is 12.0. The van der Waals surface area contributed by atoms with Gasteiger partial charge in [0.1, 0.15) is 10.8 Å². The first-order chi connectivity index (χ1) is 9.81. The van der Waals surface area contributed by atoms with Crippen LogP contribution in [0.5, 0.6) is 0 Å². The van der Waals surface area contributed by atoms with E-state index >= 15 is 0 Å². The number of aromatic nitrogens is 2. The average Bonchev–Trinajstić information content (AvgIpc) is 2.88. The fourth-order valence-electron chi connectivity index (χ4n) is 2.09. The van der Waals surface area contributed by atoms with E-state index in [9.17, 15) is 4.79 Å². The van der Waals surface area contributed by atoms with Crippen LogP contribution in [0.25, 0.3) is 10.2 Å². The van der Waals surface area contributed by atoms with Gasteiger partial charge in [-0.05, 0) is 36.2 Å². The van der Waals surface area contributed by atoms with Crippen molar-refractivity contribution in [3.05, 3.63) is 59.4 Å². The third-order valence-corrected chi connectivity index (χ3v) is 4.16. The first-order valence-corrected chi connectivity index (χ1v) is 7.38. The zero-order valence-corrected chi connectivity index (χ0v) is 11.8. The number of para-hydroxylation sites is 1. The molecule has 4 heteroatoms. The van der Waals surface area contributed by atoms with Gasteiger partial charge in [0.25, 0.3) is 0 Å². The molecule has 0 spiro atoms. The molecule has 0 saturated carbocycles. The molecule has 0 unspecified atom stereocenters. The average molecular weight is 282 g/mol. The van der Waals surface area contributed by atoms with E-state index in [-0.39, 0.29) is 5.78 Å². The maximum Gasteiger partial charge on any atom is 0.140 e. The number of pyridine rings is 1. The van der Waals surface area contributed by atoms with Gasteiger partial charge in [-0.3, -0.25) is 9.78 Å². The summed E-state index contributed by atoms with van der Waals surface area (Å²) >= 11 is 1.61. The lowest BCUT2D eigenvalue weighted by Gasteiger charge is -1.99. The first-order valence-electron chi connectivity index (χ1n) is 6.56. The van der Waals surface area contributed by atoms with Crippen LogP contribution in [-0.4, -0.2) is 15.8 Å². The second-order valence-electron chi connectivity index (χ2n) is 4.65. The summed E-state index contributed by atoms with van der Waals surface area (Å²) in [6, 6.07) is 11.9. The van der Waals surface area contributed by atoms with Gasteiger partial charge in [0, 0.05) is 18.8 Å². The molecule has 2 aromatic heterocycles. The monoisotopic (exact) mass is 282 g/mol. The Kier molecular flexibility index (Phi) is 3.83. The molecule has 0 bridgehead atoms. The molecule has 0 amide bonds. The number of Topliss-reactive ketones (excluding diaryl/α,β-unsaturated/α-hetero) is 1. The maximum absolute atomic E-state index is 12.0. The third kappa shape index (κ3) is 3.08. The van der Waals surface area contributed by atoms with Crippen LogP contribution in [0, 0.1) is 0 Å². The molecule has 20 heavy (non-hydrogen) atoms. The Hall–Kier alpha value is -2.07. The molecule has 0 radical (unpaired) electrons. The molecular weight excluding hydrogens is 268 g/mol. The zero-order valence-electron chi connectivity index (χ0n) is 11.0. The number of carbonyl (C=O) groups excluding carboxylic acids is 1. The predicted octanol–water partition coefficient (Wildman–Crippen LogP) is 3.44. The minimum absolute atomic E-state index is 0.237. The summed E-state index contributed by atoms with van der Waals surface area (Å²) in [6.07, 6.45) is 5.28. The summed E-state index contributed by atoms with van der Waals surface area (Å²) in [4.78, 5) is 20.5. The van der Waals surface area contributed by atoms with E-state index in [1.807, 2.05) is 36.4 Å². The van der Waals surface area contributed by atoms with Crippen LogP contribution in [0.2, 0.25) is 0 Å². The number of thiazole rings is 1. The first kappa shape index (κ1) is 12.9. The molecule has 100 valence electrons. The van der Waals surface area contributed by atoms with Crippen molar-refractivity contribution in [2.75, 3.05) is 0 Å². The Morgan fingerprint density at radius 3 is 2.70 bits per heavy atom. The summed E-state index contributed by atoms with van der Waals surface area (Å²) in [7, 11) is 0. The molecule has 3 rings (SSSR count). The van der Waals surface area contributed by atoms with Gasteiger partial charge < -0.3 is 0 Å². The van der Waals surface area contributed by atoms with Crippen LogP contribution < -0.4 is 0 Å². The van der Waals surface area contributed by atoms with Gasteiger partial charge in [-0.15, -0.1) is 11.3 Å². The lowest BCUT2D eigenvalue weighted by molar-refractivity contribution is -0.118. The number of rotatable bonds is 5. The Morgan fingerprint density at radius 1 is 1.10 bits per heavy atom. The summed E-state index contributed by atoms with van der Waals surface area (Å²) in [5.41, 5.74) is 2.13. The highest BCUT2D eigenvalue weighted by atomic mass is 32.1. The van der Waals surface area contributed by atoms with Crippen molar-refractivity contribution >= 4 is 27.3 Å². The fraction of sp³-hybridized carbons (Fsp3) is 0.188. The second kappa shape index (κ2) is 5.92. The fourth-order valence-corrected chi connectivity index (χ4v) is 3.08. The van der Waals surface area contributed by atoms with Crippen LogP contribution in [0.15, 0.2) is 48.8 Å². The number of ketones is 1. The van der Waals surface area contributed by atoms with Crippen LogP contribution in [-0.2, 0) is 17.6 Å². The Balaban J connectivity index is 1.61. The molecule has 0 aliphatic carbocycles. The zero-order chi connectivity index (χ0) is 13.8. The van der Waals surface area contributed by atoms with Crippen molar-refractivity contribution in [1.82, 2.24) is 9.97 Å². The van der Waals surface area contributed by atoms with Crippen LogP contribution >= 0.6 is 11.3 Å². The van der Waals surface area contributed by atoms with Gasteiger partial charge in [0.15, 0.2) is 0 Å². The van der Waals surface area contributed by atoms with E-state index in [1.54, 1.807) is 23.7 Å². The largest absolute Gasteiger partial charge is 0.299 e. The smallest absolute Gasteiger partial charge is 0.140 e. The molecule has 3 nitrogen and oxygen atoms in total. The number of benzene rings is 1. The van der Waals surface area contributed by atoms with Crippen LogP contribution in [0.1, 0.15) is 17.0 Å². The molecule has 0 atom stereocenters. The normalized spacial score (nSPS) is 10.8. The van der Waals surface area contributed by atoms with E-state index in [2.05, 4.69) is 9.97 Å². The van der Waals surface area contributed by atoms with Crippen molar-refractivity contribution in [2.45, 2.75) is 19.3 Å². The molecule has 2 heterocycles. The molecule has 0 N–H and O–H groups in total. The molecule has 0 aliphatic rings. The molecule has 0 aliphatic heterocycles. The van der Waals surface area contributed by atoms with Crippen molar-refractivity contribution in [1.29, 1.82) is 0 Å². The topological polar surface area (TPSA) is 42.9 Å². The summed E-state index contributed by atoms with van der Waals surface area (Å²) in [5.74, 6) is 0.237. The van der Waals surface area contributed by atoms with Crippen LogP contribution in [0.3, 0.4) is 0 Å². The SMILES string of the molecule is O=C(CCc1ccncc1)Cc1nc2ccccc2s1. The summed E-state index contributed by atoms with van der Waals surface area (Å²) in [6.45, 7) is 0. The van der Waals surface area contributed by atoms with Crippen LogP contribution in [0.4, 0.5) is 0 Å². The van der Waals surface area contributed by atoms with E-state index in [4.69, 9.17) is 0 Å². The number of carbonyl (C=O) groups is 1. The summed E-state index contributed by atoms with van der Waals surface area (Å²) < 4.78 is 1.14. The van der Waals surface area contributed by atoms with Gasteiger partial charge in [-0.1, -0.05) is 12.1 Å². The van der Waals surface area contributed by atoms with Gasteiger partial charge >= 0.3 is 0 Å². The molecule has 1 aromatic carbocycles. The van der Waals surface area contributed by atoms with E-state index in [1.165, 1.54) is 0 Å². The molecule has 0 fully saturated rings. The Morgan fingerprint density at radius 2 is 1.90 bits per heavy atom. The number of aryl methyl sites for hydroxylation is 1. The lowest BCUT2D eigenvalue weighted by atomic mass is 10.1. The van der Waals surface area contributed by atoms with E-state index < -0.39 is 0 Å². The highest BCUT2D eigenvalue weighted by Gasteiger charge is 2.09. The highest BCUT2D eigenvalue weighted by molar-refractivity contribution is 7.18. The van der Waals surface area contributed by atoms with Gasteiger partial charge in [-0.2, -0.15) is 0 Å². The number of hydrogen-bond donors (Lipinski definition) is 0. The van der Waals surface area contributed by atoms with Crippen molar-refractivity contribution in [3.63, 3.8) is 0 Å². The molecular formula is C16H14N2OS. The van der Waals surface area contributed by atoms with Gasteiger partial charge in [-0.25, -0.2) is 4.98 Å². The van der Waals surface area contributed by atoms with Crippen molar-refractivity contribution in [2.24, 2.45) is 0 Å². The third-order valence-electron chi connectivity index (χ3n) is 3.13. The van der Waals surface area contributed by atoms with E-state index in [0.29, 0.717) is 12.8 Å². The molecule has 3 aromatic rings. The van der Waals surface area contributed by atoms with E-state index in [0.717, 1.165) is 27.2 Å². The van der Waals surface area contributed by atoms with Crippen molar-refractivity contribution < 1.29 is 4.79 Å². The standard InChI is InChI=1S/C16H14N2OS/c19-13(6-5-12-7-9-17-10-8-12)11-16-18-14-3-1-2-4-15(14)20-16/h1-4,7-10H,5-6,11H2. The summed E-state index contributed by atoms with van der Waals surface area (Å²) in [5, 5.41) is 0.908. The van der Waals surface area contributed by atoms with Gasteiger partial charge in [0.2, 0.25) is 0 Å². The number of nitrogens with zero attached hydrogens (tertiary/aromatic N) is 2.